The molecule has 0 saturated heterocycles. The molecule has 0 atom stereocenters. The predicted octanol–water partition coefficient (Wildman–Crippen LogP) is 5.45. The molecule has 0 saturated carbocycles. The molecular weight excluding hydrogens is 391 g/mol. The quantitative estimate of drug-likeness (QED) is 0.531. The summed E-state index contributed by atoms with van der Waals surface area (Å²) in [5, 5.41) is 1.04. The second-order valence-corrected chi connectivity index (χ2v) is 8.60. The Labute approximate surface area is 162 Å². The molecule has 0 bridgehead atoms. The van der Waals surface area contributed by atoms with Gasteiger partial charge in [0.2, 0.25) is 0 Å². The van der Waals surface area contributed by atoms with Crippen molar-refractivity contribution in [3.8, 4) is 11.1 Å². The van der Waals surface area contributed by atoms with Gasteiger partial charge in [-0.15, -0.1) is 0 Å². The molecule has 132 valence electrons. The van der Waals surface area contributed by atoms with Crippen LogP contribution in [-0.2, 0) is 15.6 Å². The van der Waals surface area contributed by atoms with Gasteiger partial charge in [-0.25, -0.2) is 8.42 Å². The first-order chi connectivity index (χ1) is 12.4. The molecule has 6 heteroatoms. The third-order valence-electron chi connectivity index (χ3n) is 3.90. The Kier molecular flexibility index (Phi) is 5.47. The standard InChI is InChI=1S/C20H14Cl2O3S/c21-17-6-9-19(20(22)11-17)16-4-7-18(8-5-16)26(24,25)13-15-3-1-2-14(10-15)12-23/h1-12H,13H2. The number of carbonyl (C=O) groups is 1. The normalized spacial score (nSPS) is 11.3. The summed E-state index contributed by atoms with van der Waals surface area (Å²) in [6.07, 6.45) is 0.695. The molecule has 0 aromatic heterocycles. The fourth-order valence-corrected chi connectivity index (χ4v) is 4.48. The van der Waals surface area contributed by atoms with Gasteiger partial charge >= 0.3 is 0 Å². The lowest BCUT2D eigenvalue weighted by Gasteiger charge is -2.08. The average molecular weight is 405 g/mol. The van der Waals surface area contributed by atoms with Gasteiger partial charge in [0, 0.05) is 21.2 Å². The summed E-state index contributed by atoms with van der Waals surface area (Å²) >= 11 is 12.1. The number of hydrogen-bond acceptors (Lipinski definition) is 3. The third-order valence-corrected chi connectivity index (χ3v) is 6.15. The maximum atomic E-state index is 12.6. The zero-order valence-electron chi connectivity index (χ0n) is 13.5. The van der Waals surface area contributed by atoms with Crippen LogP contribution in [0.2, 0.25) is 10.0 Å². The second-order valence-electron chi connectivity index (χ2n) is 5.77. The predicted molar refractivity (Wildman–Crippen MR) is 105 cm³/mol. The molecule has 3 nitrogen and oxygen atoms in total. The van der Waals surface area contributed by atoms with E-state index in [1.165, 1.54) is 0 Å². The number of aldehydes is 1. The largest absolute Gasteiger partial charge is 0.298 e. The van der Waals surface area contributed by atoms with Gasteiger partial charge in [0.25, 0.3) is 0 Å². The van der Waals surface area contributed by atoms with Crippen LogP contribution in [0.25, 0.3) is 11.1 Å². The SMILES string of the molecule is O=Cc1cccc(CS(=O)(=O)c2ccc(-c3ccc(Cl)cc3Cl)cc2)c1. The Morgan fingerprint density at radius 3 is 2.27 bits per heavy atom. The summed E-state index contributed by atoms with van der Waals surface area (Å²) in [6, 6.07) is 18.3. The Bertz CT molecular complexity index is 1060. The minimum Gasteiger partial charge on any atom is -0.298 e. The van der Waals surface area contributed by atoms with E-state index in [2.05, 4.69) is 0 Å². The van der Waals surface area contributed by atoms with E-state index in [9.17, 15) is 13.2 Å². The molecule has 0 unspecified atom stereocenters. The maximum Gasteiger partial charge on any atom is 0.182 e. The number of benzene rings is 3. The van der Waals surface area contributed by atoms with Gasteiger partial charge < -0.3 is 0 Å². The lowest BCUT2D eigenvalue weighted by atomic mass is 10.1. The lowest BCUT2D eigenvalue weighted by Crippen LogP contribution is -2.05. The highest BCUT2D eigenvalue weighted by Crippen LogP contribution is 2.31. The summed E-state index contributed by atoms with van der Waals surface area (Å²) < 4.78 is 25.3. The number of hydrogen-bond donors (Lipinski definition) is 0. The monoisotopic (exact) mass is 404 g/mol. The summed E-state index contributed by atoms with van der Waals surface area (Å²) in [5.41, 5.74) is 2.59. The van der Waals surface area contributed by atoms with Gasteiger partial charge in [-0.3, -0.25) is 4.79 Å². The molecule has 3 aromatic carbocycles. The van der Waals surface area contributed by atoms with Crippen LogP contribution in [0.3, 0.4) is 0 Å². The van der Waals surface area contributed by atoms with Crippen molar-refractivity contribution in [2.24, 2.45) is 0 Å². The summed E-state index contributed by atoms with van der Waals surface area (Å²) in [4.78, 5) is 11.1. The van der Waals surface area contributed by atoms with Gasteiger partial charge in [0.05, 0.1) is 10.6 Å². The van der Waals surface area contributed by atoms with Crippen LogP contribution in [0.4, 0.5) is 0 Å². The van der Waals surface area contributed by atoms with Crippen molar-refractivity contribution < 1.29 is 13.2 Å². The highest BCUT2D eigenvalue weighted by molar-refractivity contribution is 7.90. The van der Waals surface area contributed by atoms with Crippen LogP contribution in [-0.4, -0.2) is 14.7 Å². The van der Waals surface area contributed by atoms with E-state index in [1.54, 1.807) is 66.7 Å². The van der Waals surface area contributed by atoms with Crippen LogP contribution in [0, 0.1) is 0 Å². The molecule has 0 fully saturated rings. The molecule has 0 amide bonds. The average Bonchev–Trinajstić information content (AvgIpc) is 2.62. The van der Waals surface area contributed by atoms with Crippen molar-refractivity contribution >= 4 is 39.3 Å². The molecule has 3 rings (SSSR count). The van der Waals surface area contributed by atoms with Crippen LogP contribution in [0.15, 0.2) is 71.6 Å². The van der Waals surface area contributed by atoms with Gasteiger partial charge in [0.15, 0.2) is 9.84 Å². The zero-order valence-corrected chi connectivity index (χ0v) is 15.9. The van der Waals surface area contributed by atoms with Gasteiger partial charge in [-0.2, -0.15) is 0 Å². The molecule has 0 aliphatic rings. The third kappa shape index (κ3) is 4.15. The summed E-state index contributed by atoms with van der Waals surface area (Å²) in [7, 11) is -3.52. The molecule has 0 spiro atoms. The van der Waals surface area contributed by atoms with Crippen molar-refractivity contribution in [2.45, 2.75) is 10.6 Å². The van der Waals surface area contributed by atoms with E-state index >= 15 is 0 Å². The Hall–Kier alpha value is -2.14. The minimum atomic E-state index is -3.52. The first-order valence-corrected chi connectivity index (χ1v) is 10.1. The topological polar surface area (TPSA) is 51.2 Å². The van der Waals surface area contributed by atoms with Crippen LogP contribution in [0.5, 0.6) is 0 Å². The van der Waals surface area contributed by atoms with E-state index < -0.39 is 9.84 Å². The molecular formula is C20H14Cl2O3S. The van der Waals surface area contributed by atoms with E-state index in [1.807, 2.05) is 0 Å². The molecule has 0 heterocycles. The molecule has 0 N–H and O–H groups in total. The molecule has 26 heavy (non-hydrogen) atoms. The van der Waals surface area contributed by atoms with Crippen LogP contribution >= 0.6 is 23.2 Å². The van der Waals surface area contributed by atoms with Crippen LogP contribution < -0.4 is 0 Å². The van der Waals surface area contributed by atoms with Gasteiger partial charge in [0.1, 0.15) is 6.29 Å². The zero-order chi connectivity index (χ0) is 18.7. The fraction of sp³-hybridized carbons (Fsp3) is 0.0500. The second kappa shape index (κ2) is 7.62. The Morgan fingerprint density at radius 1 is 0.885 bits per heavy atom. The number of sulfone groups is 1. The number of halogens is 2. The number of rotatable bonds is 5. The van der Waals surface area contributed by atoms with E-state index in [4.69, 9.17) is 23.2 Å². The molecule has 0 aliphatic heterocycles. The highest BCUT2D eigenvalue weighted by atomic mass is 35.5. The van der Waals surface area contributed by atoms with Crippen molar-refractivity contribution in [3.05, 3.63) is 87.9 Å². The van der Waals surface area contributed by atoms with E-state index in [0.29, 0.717) is 27.5 Å². The van der Waals surface area contributed by atoms with Crippen LogP contribution in [0.1, 0.15) is 15.9 Å². The first-order valence-electron chi connectivity index (χ1n) is 7.71. The number of carbonyl (C=O) groups excluding carboxylic acids is 1. The van der Waals surface area contributed by atoms with E-state index in [0.717, 1.165) is 11.1 Å². The maximum absolute atomic E-state index is 12.6. The smallest absolute Gasteiger partial charge is 0.182 e. The first kappa shape index (κ1) is 18.6. The summed E-state index contributed by atoms with van der Waals surface area (Å²) in [5.74, 6) is -0.171. The lowest BCUT2D eigenvalue weighted by molar-refractivity contribution is 0.112. The highest BCUT2D eigenvalue weighted by Gasteiger charge is 2.16. The van der Waals surface area contributed by atoms with Gasteiger partial charge in [-0.1, -0.05) is 59.6 Å². The molecule has 0 aliphatic carbocycles. The van der Waals surface area contributed by atoms with Crippen molar-refractivity contribution in [2.75, 3.05) is 0 Å². The Balaban J connectivity index is 1.88. The van der Waals surface area contributed by atoms with Crippen molar-refractivity contribution in [1.29, 1.82) is 0 Å². The fourth-order valence-electron chi connectivity index (χ4n) is 2.62. The molecule has 3 aromatic rings. The van der Waals surface area contributed by atoms with Crippen molar-refractivity contribution in [1.82, 2.24) is 0 Å². The summed E-state index contributed by atoms with van der Waals surface area (Å²) in [6.45, 7) is 0. The molecule has 0 radical (unpaired) electrons. The minimum absolute atomic E-state index is 0.171. The Morgan fingerprint density at radius 2 is 1.62 bits per heavy atom. The van der Waals surface area contributed by atoms with Gasteiger partial charge in [-0.05, 0) is 41.5 Å². The van der Waals surface area contributed by atoms with Crippen molar-refractivity contribution in [3.63, 3.8) is 0 Å². The van der Waals surface area contributed by atoms with E-state index in [-0.39, 0.29) is 10.6 Å².